The van der Waals surface area contributed by atoms with Gasteiger partial charge in [0.15, 0.2) is 0 Å². The zero-order valence-electron chi connectivity index (χ0n) is 9.04. The third-order valence-electron chi connectivity index (χ3n) is 2.88. The molecule has 15 heavy (non-hydrogen) atoms. The Balaban J connectivity index is 2.06. The van der Waals surface area contributed by atoms with Gasteiger partial charge >= 0.3 is 0 Å². The summed E-state index contributed by atoms with van der Waals surface area (Å²) in [5.41, 5.74) is 2.76. The molecule has 2 heteroatoms. The lowest BCUT2D eigenvalue weighted by Gasteiger charge is -2.22. The standard InChI is InChI=1S/C13H16ClN/c1-15-8-6-11(7-9-15)10-12-4-2-3-5-13(12)14/h2-6H,7-10H2,1H3. The molecule has 0 aliphatic carbocycles. The van der Waals surface area contributed by atoms with E-state index in [4.69, 9.17) is 11.6 Å². The molecule has 0 saturated carbocycles. The number of benzene rings is 1. The molecular weight excluding hydrogens is 206 g/mol. The first-order chi connectivity index (χ1) is 7.25. The number of halogens is 1. The van der Waals surface area contributed by atoms with E-state index in [0.29, 0.717) is 0 Å². The fourth-order valence-corrected chi connectivity index (χ4v) is 2.06. The SMILES string of the molecule is CN1CC=C(Cc2ccccc2Cl)CC1. The van der Waals surface area contributed by atoms with Crippen LogP contribution in [0.2, 0.25) is 5.02 Å². The molecule has 2 rings (SSSR count). The largest absolute Gasteiger partial charge is 0.302 e. The molecule has 0 unspecified atom stereocenters. The molecule has 1 aromatic rings. The van der Waals surface area contributed by atoms with Gasteiger partial charge in [-0.1, -0.05) is 41.4 Å². The molecule has 1 aliphatic rings. The Labute approximate surface area is 96.4 Å². The van der Waals surface area contributed by atoms with Gasteiger partial charge < -0.3 is 4.90 Å². The van der Waals surface area contributed by atoms with Crippen molar-refractivity contribution in [2.24, 2.45) is 0 Å². The van der Waals surface area contributed by atoms with Gasteiger partial charge in [-0.2, -0.15) is 0 Å². The summed E-state index contributed by atoms with van der Waals surface area (Å²) in [6.07, 6.45) is 4.50. The monoisotopic (exact) mass is 221 g/mol. The highest BCUT2D eigenvalue weighted by molar-refractivity contribution is 6.31. The van der Waals surface area contributed by atoms with Gasteiger partial charge in [-0.15, -0.1) is 0 Å². The molecule has 0 aromatic heterocycles. The van der Waals surface area contributed by atoms with Crippen molar-refractivity contribution in [2.75, 3.05) is 20.1 Å². The molecule has 0 bridgehead atoms. The smallest absolute Gasteiger partial charge is 0.0441 e. The van der Waals surface area contributed by atoms with Gasteiger partial charge in [-0.3, -0.25) is 0 Å². The van der Waals surface area contributed by atoms with Crippen LogP contribution in [-0.2, 0) is 6.42 Å². The zero-order valence-corrected chi connectivity index (χ0v) is 9.80. The van der Waals surface area contributed by atoms with E-state index in [1.165, 1.54) is 17.6 Å². The molecule has 1 aromatic carbocycles. The van der Waals surface area contributed by atoms with Crippen LogP contribution in [0.4, 0.5) is 0 Å². The number of hydrogen-bond acceptors (Lipinski definition) is 1. The lowest BCUT2D eigenvalue weighted by molar-refractivity contribution is 0.357. The van der Waals surface area contributed by atoms with E-state index in [9.17, 15) is 0 Å². The van der Waals surface area contributed by atoms with Crippen LogP contribution >= 0.6 is 11.6 Å². The Morgan fingerprint density at radius 2 is 2.13 bits per heavy atom. The first-order valence-electron chi connectivity index (χ1n) is 5.35. The summed E-state index contributed by atoms with van der Waals surface area (Å²) in [4.78, 5) is 2.33. The highest BCUT2D eigenvalue weighted by atomic mass is 35.5. The number of rotatable bonds is 2. The predicted molar refractivity (Wildman–Crippen MR) is 65.4 cm³/mol. The second kappa shape index (κ2) is 4.82. The van der Waals surface area contributed by atoms with Gasteiger partial charge in [0.2, 0.25) is 0 Å². The van der Waals surface area contributed by atoms with Crippen molar-refractivity contribution in [1.29, 1.82) is 0 Å². The van der Waals surface area contributed by atoms with Gasteiger partial charge in [0, 0.05) is 18.1 Å². The van der Waals surface area contributed by atoms with Gasteiger partial charge in [0.1, 0.15) is 0 Å². The van der Waals surface area contributed by atoms with Crippen LogP contribution in [0.3, 0.4) is 0 Å². The minimum absolute atomic E-state index is 0.886. The van der Waals surface area contributed by atoms with E-state index in [0.717, 1.165) is 24.5 Å². The van der Waals surface area contributed by atoms with Crippen LogP contribution in [0.25, 0.3) is 0 Å². The maximum atomic E-state index is 6.13. The summed E-state index contributed by atoms with van der Waals surface area (Å²) in [6, 6.07) is 8.11. The minimum Gasteiger partial charge on any atom is -0.302 e. The molecule has 1 aliphatic heterocycles. The Hall–Kier alpha value is -0.790. The summed E-state index contributed by atoms with van der Waals surface area (Å²) in [5.74, 6) is 0. The molecule has 80 valence electrons. The maximum Gasteiger partial charge on any atom is 0.0441 e. The fraction of sp³-hybridized carbons (Fsp3) is 0.385. The molecule has 0 spiro atoms. The quantitative estimate of drug-likeness (QED) is 0.694. The van der Waals surface area contributed by atoms with E-state index in [-0.39, 0.29) is 0 Å². The van der Waals surface area contributed by atoms with Gasteiger partial charge in [0.05, 0.1) is 0 Å². The molecule has 0 N–H and O–H groups in total. The van der Waals surface area contributed by atoms with Crippen LogP contribution < -0.4 is 0 Å². The Morgan fingerprint density at radius 3 is 2.80 bits per heavy atom. The topological polar surface area (TPSA) is 3.24 Å². The van der Waals surface area contributed by atoms with Crippen LogP contribution in [0.5, 0.6) is 0 Å². The third kappa shape index (κ3) is 2.83. The van der Waals surface area contributed by atoms with Crippen LogP contribution in [0, 0.1) is 0 Å². The average Bonchev–Trinajstić information content (AvgIpc) is 2.25. The Morgan fingerprint density at radius 1 is 1.33 bits per heavy atom. The molecule has 1 nitrogen and oxygen atoms in total. The third-order valence-corrected chi connectivity index (χ3v) is 3.25. The Kier molecular flexibility index (Phi) is 3.45. The van der Waals surface area contributed by atoms with E-state index in [1.807, 2.05) is 12.1 Å². The van der Waals surface area contributed by atoms with Crippen LogP contribution in [0.1, 0.15) is 12.0 Å². The normalized spacial score (nSPS) is 17.6. The predicted octanol–water partition coefficient (Wildman–Crippen LogP) is 3.14. The van der Waals surface area contributed by atoms with Gasteiger partial charge in [-0.05, 0) is 31.5 Å². The highest BCUT2D eigenvalue weighted by Gasteiger charge is 2.09. The fourth-order valence-electron chi connectivity index (χ4n) is 1.86. The van der Waals surface area contributed by atoms with Gasteiger partial charge in [-0.25, -0.2) is 0 Å². The molecule has 0 fully saturated rings. The van der Waals surface area contributed by atoms with E-state index < -0.39 is 0 Å². The van der Waals surface area contributed by atoms with E-state index >= 15 is 0 Å². The summed E-state index contributed by atoms with van der Waals surface area (Å²) >= 11 is 6.13. The summed E-state index contributed by atoms with van der Waals surface area (Å²) in [5, 5.41) is 0.886. The molecular formula is C13H16ClN. The molecule has 0 radical (unpaired) electrons. The van der Waals surface area contributed by atoms with Crippen LogP contribution in [-0.4, -0.2) is 25.0 Å². The van der Waals surface area contributed by atoms with Crippen molar-refractivity contribution in [2.45, 2.75) is 12.8 Å². The zero-order chi connectivity index (χ0) is 10.7. The van der Waals surface area contributed by atoms with Crippen molar-refractivity contribution in [3.05, 3.63) is 46.5 Å². The Bertz CT molecular complexity index is 371. The lowest BCUT2D eigenvalue weighted by atomic mass is 10.00. The van der Waals surface area contributed by atoms with Crippen LogP contribution in [0.15, 0.2) is 35.9 Å². The average molecular weight is 222 g/mol. The number of nitrogens with zero attached hydrogens (tertiary/aromatic N) is 1. The number of hydrogen-bond donors (Lipinski definition) is 0. The second-order valence-corrected chi connectivity index (χ2v) is 4.55. The lowest BCUT2D eigenvalue weighted by Crippen LogP contribution is -2.24. The van der Waals surface area contributed by atoms with Gasteiger partial charge in [0.25, 0.3) is 0 Å². The van der Waals surface area contributed by atoms with Crippen molar-refractivity contribution < 1.29 is 0 Å². The van der Waals surface area contributed by atoms with E-state index in [1.54, 1.807) is 0 Å². The van der Waals surface area contributed by atoms with Crippen molar-refractivity contribution in [3.63, 3.8) is 0 Å². The first kappa shape index (κ1) is 10.7. The summed E-state index contributed by atoms with van der Waals surface area (Å²) in [6.45, 7) is 2.23. The molecule has 1 heterocycles. The summed E-state index contributed by atoms with van der Waals surface area (Å²) < 4.78 is 0. The van der Waals surface area contributed by atoms with Crippen molar-refractivity contribution in [3.8, 4) is 0 Å². The molecule has 0 atom stereocenters. The summed E-state index contributed by atoms with van der Waals surface area (Å²) in [7, 11) is 2.16. The second-order valence-electron chi connectivity index (χ2n) is 4.14. The minimum atomic E-state index is 0.886. The van der Waals surface area contributed by atoms with Crippen molar-refractivity contribution >= 4 is 11.6 Å². The molecule has 0 amide bonds. The maximum absolute atomic E-state index is 6.13. The number of likely N-dealkylation sites (N-methyl/N-ethyl adjacent to an activating group) is 1. The highest BCUT2D eigenvalue weighted by Crippen LogP contribution is 2.21. The first-order valence-corrected chi connectivity index (χ1v) is 5.73. The van der Waals surface area contributed by atoms with E-state index in [2.05, 4.69) is 30.2 Å². The molecule has 0 saturated heterocycles. The van der Waals surface area contributed by atoms with Crippen molar-refractivity contribution in [1.82, 2.24) is 4.90 Å².